The standard InChI is InChI=1S/C15H24N4O4/c1-19(23)13(3-2-8-16)15(22)18-12(14(17)21)9-10-4-6-11(20)7-5-10/h4-7,12-13,20,23H,2-3,8-9,16H2,1H3,(H2,17,21)(H,18,22)/t12-,13-/m0/s1. The fraction of sp³-hybridized carbons (Fsp3) is 0.467. The van der Waals surface area contributed by atoms with Crippen molar-refractivity contribution >= 4 is 11.8 Å². The Labute approximate surface area is 135 Å². The number of amides is 2. The summed E-state index contributed by atoms with van der Waals surface area (Å²) in [6, 6.07) is 4.54. The first-order valence-electron chi connectivity index (χ1n) is 7.34. The fourth-order valence-corrected chi connectivity index (χ4v) is 2.16. The minimum Gasteiger partial charge on any atom is -0.508 e. The van der Waals surface area contributed by atoms with Gasteiger partial charge in [0.05, 0.1) is 0 Å². The van der Waals surface area contributed by atoms with Crippen LogP contribution in [0.25, 0.3) is 0 Å². The van der Waals surface area contributed by atoms with Crippen molar-refractivity contribution in [2.45, 2.75) is 31.3 Å². The number of phenolic OH excluding ortho intramolecular Hbond substituents is 1. The van der Waals surface area contributed by atoms with E-state index in [9.17, 15) is 19.9 Å². The molecule has 23 heavy (non-hydrogen) atoms. The highest BCUT2D eigenvalue weighted by Gasteiger charge is 2.26. The number of aromatic hydroxyl groups is 1. The number of carbonyl (C=O) groups excluding carboxylic acids is 2. The Morgan fingerprint density at radius 3 is 2.39 bits per heavy atom. The van der Waals surface area contributed by atoms with Crippen molar-refractivity contribution in [2.75, 3.05) is 13.6 Å². The summed E-state index contributed by atoms with van der Waals surface area (Å²) in [6.07, 6.45) is 1.11. The highest BCUT2D eigenvalue weighted by molar-refractivity contribution is 5.89. The van der Waals surface area contributed by atoms with Crippen LogP contribution in [-0.4, -0.2) is 52.9 Å². The van der Waals surface area contributed by atoms with Crippen LogP contribution in [-0.2, 0) is 16.0 Å². The SMILES string of the molecule is CN(O)[C@@H](CCCN)C(=O)N[C@@H](Cc1ccc(O)cc1)C(N)=O. The molecule has 0 fully saturated rings. The van der Waals surface area contributed by atoms with Crippen LogP contribution in [0.2, 0.25) is 0 Å². The van der Waals surface area contributed by atoms with E-state index in [-0.39, 0.29) is 12.2 Å². The van der Waals surface area contributed by atoms with Crippen LogP contribution in [0, 0.1) is 0 Å². The number of primary amides is 1. The van der Waals surface area contributed by atoms with E-state index in [2.05, 4.69) is 5.32 Å². The predicted molar refractivity (Wildman–Crippen MR) is 84.6 cm³/mol. The predicted octanol–water partition coefficient (Wildman–Crippen LogP) is -0.667. The zero-order valence-corrected chi connectivity index (χ0v) is 13.1. The van der Waals surface area contributed by atoms with E-state index in [1.54, 1.807) is 12.1 Å². The topological polar surface area (TPSA) is 142 Å². The number of nitrogens with two attached hydrogens (primary N) is 2. The van der Waals surface area contributed by atoms with Crippen LogP contribution in [0.15, 0.2) is 24.3 Å². The second-order valence-corrected chi connectivity index (χ2v) is 5.35. The minimum atomic E-state index is -0.910. The molecule has 0 heterocycles. The van der Waals surface area contributed by atoms with Crippen molar-refractivity contribution in [1.82, 2.24) is 10.4 Å². The number of nitrogens with zero attached hydrogens (tertiary/aromatic N) is 1. The van der Waals surface area contributed by atoms with Crippen LogP contribution in [0.3, 0.4) is 0 Å². The zero-order chi connectivity index (χ0) is 17.4. The lowest BCUT2D eigenvalue weighted by Gasteiger charge is -2.24. The Morgan fingerprint density at radius 1 is 1.30 bits per heavy atom. The van der Waals surface area contributed by atoms with Gasteiger partial charge in [0, 0.05) is 13.5 Å². The van der Waals surface area contributed by atoms with Gasteiger partial charge in [-0.2, -0.15) is 5.06 Å². The maximum atomic E-state index is 12.2. The molecule has 1 aromatic rings. The average Bonchev–Trinajstić information content (AvgIpc) is 2.48. The molecule has 0 unspecified atom stereocenters. The molecule has 0 saturated heterocycles. The van der Waals surface area contributed by atoms with Crippen LogP contribution in [0.4, 0.5) is 0 Å². The molecule has 0 bridgehead atoms. The molecule has 7 N–H and O–H groups in total. The molecule has 0 aromatic heterocycles. The van der Waals surface area contributed by atoms with Crippen molar-refractivity contribution in [2.24, 2.45) is 11.5 Å². The first kappa shape index (κ1) is 18.9. The maximum absolute atomic E-state index is 12.2. The average molecular weight is 324 g/mol. The Balaban J connectivity index is 2.75. The van der Waals surface area contributed by atoms with Crippen molar-refractivity contribution in [3.05, 3.63) is 29.8 Å². The van der Waals surface area contributed by atoms with Crippen LogP contribution in [0.1, 0.15) is 18.4 Å². The number of hydroxylamine groups is 2. The molecule has 0 aliphatic rings. The quantitative estimate of drug-likeness (QED) is 0.381. The monoisotopic (exact) mass is 324 g/mol. The number of phenols is 1. The molecule has 0 radical (unpaired) electrons. The second-order valence-electron chi connectivity index (χ2n) is 5.35. The molecule has 0 aliphatic heterocycles. The van der Waals surface area contributed by atoms with Gasteiger partial charge >= 0.3 is 0 Å². The number of likely N-dealkylation sites (N-methyl/N-ethyl adjacent to an activating group) is 1. The van der Waals surface area contributed by atoms with E-state index in [0.29, 0.717) is 19.4 Å². The van der Waals surface area contributed by atoms with Crippen molar-refractivity contribution in [1.29, 1.82) is 0 Å². The van der Waals surface area contributed by atoms with Crippen molar-refractivity contribution in [3.8, 4) is 5.75 Å². The van der Waals surface area contributed by atoms with Gasteiger partial charge in [0.1, 0.15) is 17.8 Å². The summed E-state index contributed by atoms with van der Waals surface area (Å²) in [7, 11) is 1.36. The summed E-state index contributed by atoms with van der Waals surface area (Å²) in [5.41, 5.74) is 11.5. The van der Waals surface area contributed by atoms with Crippen LogP contribution < -0.4 is 16.8 Å². The number of rotatable bonds is 9. The van der Waals surface area contributed by atoms with E-state index in [1.807, 2.05) is 0 Å². The molecule has 0 spiro atoms. The molecule has 128 valence electrons. The van der Waals surface area contributed by atoms with Gasteiger partial charge in [-0.1, -0.05) is 12.1 Å². The van der Waals surface area contributed by atoms with Gasteiger partial charge in [-0.15, -0.1) is 0 Å². The van der Waals surface area contributed by atoms with Gasteiger partial charge in [0.15, 0.2) is 0 Å². The first-order valence-corrected chi connectivity index (χ1v) is 7.34. The Morgan fingerprint density at radius 2 is 1.91 bits per heavy atom. The third-order valence-corrected chi connectivity index (χ3v) is 3.47. The molecular weight excluding hydrogens is 300 g/mol. The summed E-state index contributed by atoms with van der Waals surface area (Å²) in [5.74, 6) is -1.06. The molecule has 0 saturated carbocycles. The lowest BCUT2D eigenvalue weighted by atomic mass is 10.0. The molecule has 2 amide bonds. The van der Waals surface area contributed by atoms with E-state index in [4.69, 9.17) is 11.5 Å². The molecular formula is C15H24N4O4. The lowest BCUT2D eigenvalue weighted by molar-refractivity contribution is -0.149. The number of hydrogen-bond donors (Lipinski definition) is 5. The number of benzene rings is 1. The van der Waals surface area contributed by atoms with Crippen molar-refractivity contribution in [3.63, 3.8) is 0 Å². The highest BCUT2D eigenvalue weighted by Crippen LogP contribution is 2.12. The van der Waals surface area contributed by atoms with Crippen LogP contribution >= 0.6 is 0 Å². The maximum Gasteiger partial charge on any atom is 0.240 e. The number of hydrogen-bond acceptors (Lipinski definition) is 6. The Hall–Kier alpha value is -2.16. The van der Waals surface area contributed by atoms with Gasteiger partial charge in [-0.05, 0) is 37.1 Å². The first-order chi connectivity index (χ1) is 10.8. The molecule has 8 heteroatoms. The van der Waals surface area contributed by atoms with E-state index < -0.39 is 23.9 Å². The van der Waals surface area contributed by atoms with E-state index >= 15 is 0 Å². The third kappa shape index (κ3) is 6.23. The van der Waals surface area contributed by atoms with E-state index in [0.717, 1.165) is 10.6 Å². The fourth-order valence-electron chi connectivity index (χ4n) is 2.16. The molecule has 1 rings (SSSR count). The van der Waals surface area contributed by atoms with Gasteiger partial charge in [0.25, 0.3) is 0 Å². The second kappa shape index (κ2) is 9.09. The van der Waals surface area contributed by atoms with Gasteiger partial charge in [-0.3, -0.25) is 9.59 Å². The largest absolute Gasteiger partial charge is 0.508 e. The molecule has 1 aromatic carbocycles. The summed E-state index contributed by atoms with van der Waals surface area (Å²) >= 11 is 0. The normalized spacial score (nSPS) is 13.6. The molecule has 2 atom stereocenters. The van der Waals surface area contributed by atoms with Gasteiger partial charge < -0.3 is 27.1 Å². The summed E-state index contributed by atoms with van der Waals surface area (Å²) in [6.45, 7) is 0.393. The highest BCUT2D eigenvalue weighted by atomic mass is 16.5. The van der Waals surface area contributed by atoms with E-state index in [1.165, 1.54) is 19.2 Å². The molecule has 0 aliphatic carbocycles. The third-order valence-electron chi connectivity index (χ3n) is 3.47. The Bertz CT molecular complexity index is 519. The zero-order valence-electron chi connectivity index (χ0n) is 13.1. The molecule has 8 nitrogen and oxygen atoms in total. The number of nitrogens with one attached hydrogen (secondary N) is 1. The number of carbonyl (C=O) groups is 2. The minimum absolute atomic E-state index is 0.108. The summed E-state index contributed by atoms with van der Waals surface area (Å²) in [4.78, 5) is 23.8. The lowest BCUT2D eigenvalue weighted by Crippen LogP contribution is -2.52. The van der Waals surface area contributed by atoms with Crippen LogP contribution in [0.5, 0.6) is 5.75 Å². The van der Waals surface area contributed by atoms with Crippen molar-refractivity contribution < 1.29 is 19.9 Å². The van der Waals surface area contributed by atoms with Gasteiger partial charge in [0.2, 0.25) is 11.8 Å². The Kier molecular flexibility index (Phi) is 7.46. The summed E-state index contributed by atoms with van der Waals surface area (Å²) in [5, 5.41) is 22.2. The smallest absolute Gasteiger partial charge is 0.240 e. The summed E-state index contributed by atoms with van der Waals surface area (Å²) < 4.78 is 0. The van der Waals surface area contributed by atoms with Gasteiger partial charge in [-0.25, -0.2) is 0 Å².